The highest BCUT2D eigenvalue weighted by Gasteiger charge is 2.52. The lowest BCUT2D eigenvalue weighted by molar-refractivity contribution is -0.0785. The van der Waals surface area contributed by atoms with Gasteiger partial charge in [0, 0.05) is 7.11 Å². The third kappa shape index (κ3) is 6.72. The second-order valence-electron chi connectivity index (χ2n) is 10.5. The van der Waals surface area contributed by atoms with Gasteiger partial charge in [0.1, 0.15) is 24.1 Å². The molecule has 2 aromatic heterocycles. The summed E-state index contributed by atoms with van der Waals surface area (Å²) in [6.45, 7) is 11.7. The number of aromatic nitrogens is 4. The van der Waals surface area contributed by atoms with Crippen molar-refractivity contribution in [2.45, 2.75) is 78.1 Å². The molecule has 1 fully saturated rings. The minimum Gasteiger partial charge on any atom is -0.382 e. The SMILES string of the molecule is COCCO[C@H]1C(OP(=O)(O)OC(C)(C)C)[C@@H](CC(C)(C)C)O[C@H]1n1cnc2c(N)ncnc21. The van der Waals surface area contributed by atoms with Gasteiger partial charge in [-0.25, -0.2) is 19.5 Å². The van der Waals surface area contributed by atoms with E-state index in [1.807, 2.05) is 20.8 Å². The van der Waals surface area contributed by atoms with E-state index in [9.17, 15) is 9.46 Å². The van der Waals surface area contributed by atoms with Gasteiger partial charge in [0.05, 0.1) is 31.2 Å². The molecule has 3 heterocycles. The number of hydrogen-bond acceptors (Lipinski definition) is 10. The van der Waals surface area contributed by atoms with Crippen molar-refractivity contribution < 1.29 is 32.7 Å². The number of anilines is 1. The molecular weight excluding hydrogens is 465 g/mol. The van der Waals surface area contributed by atoms with Gasteiger partial charge in [-0.3, -0.25) is 13.6 Å². The largest absolute Gasteiger partial charge is 0.473 e. The van der Waals surface area contributed by atoms with Gasteiger partial charge in [0.25, 0.3) is 0 Å². The third-order valence-corrected chi connectivity index (χ3v) is 6.29. The van der Waals surface area contributed by atoms with Gasteiger partial charge in [-0.15, -0.1) is 0 Å². The molecule has 0 aliphatic carbocycles. The van der Waals surface area contributed by atoms with Crippen LogP contribution >= 0.6 is 7.82 Å². The van der Waals surface area contributed by atoms with Gasteiger partial charge in [0.15, 0.2) is 17.7 Å². The topological polar surface area (TPSA) is 153 Å². The van der Waals surface area contributed by atoms with Crippen molar-refractivity contribution in [3.8, 4) is 0 Å². The molecule has 34 heavy (non-hydrogen) atoms. The van der Waals surface area contributed by atoms with Crippen molar-refractivity contribution in [2.75, 3.05) is 26.1 Å². The zero-order valence-corrected chi connectivity index (χ0v) is 21.7. The molecule has 0 aromatic carbocycles. The van der Waals surface area contributed by atoms with Crippen LogP contribution in [0.2, 0.25) is 0 Å². The zero-order chi connectivity index (χ0) is 25.3. The smallest absolute Gasteiger partial charge is 0.382 e. The number of nitrogen functional groups attached to an aromatic ring is 1. The van der Waals surface area contributed by atoms with Gasteiger partial charge >= 0.3 is 7.82 Å². The maximum absolute atomic E-state index is 12.9. The molecule has 1 aliphatic heterocycles. The van der Waals surface area contributed by atoms with E-state index in [-0.39, 0.29) is 17.8 Å². The molecule has 12 nitrogen and oxygen atoms in total. The molecule has 3 rings (SSSR count). The molecule has 0 amide bonds. The van der Waals surface area contributed by atoms with Crippen LogP contribution in [0.3, 0.4) is 0 Å². The molecule has 3 N–H and O–H groups in total. The van der Waals surface area contributed by atoms with Gasteiger partial charge in [-0.05, 0) is 32.6 Å². The molecule has 0 saturated carbocycles. The number of nitrogens with zero attached hydrogens (tertiary/aromatic N) is 4. The van der Waals surface area contributed by atoms with Gasteiger partial charge in [0.2, 0.25) is 0 Å². The number of methoxy groups -OCH3 is 1. The molecule has 5 atom stereocenters. The summed E-state index contributed by atoms with van der Waals surface area (Å²) in [4.78, 5) is 23.2. The molecule has 1 aliphatic rings. The summed E-state index contributed by atoms with van der Waals surface area (Å²) in [5, 5.41) is 0. The number of rotatable bonds is 9. The van der Waals surface area contributed by atoms with E-state index in [0.29, 0.717) is 24.2 Å². The van der Waals surface area contributed by atoms with Crippen molar-refractivity contribution in [3.05, 3.63) is 12.7 Å². The van der Waals surface area contributed by atoms with E-state index in [0.717, 1.165) is 0 Å². The van der Waals surface area contributed by atoms with E-state index in [1.165, 1.54) is 12.7 Å². The Kier molecular flexibility index (Phi) is 8.03. The minimum atomic E-state index is -4.46. The number of phosphoric ester groups is 1. The molecule has 1 saturated heterocycles. The van der Waals surface area contributed by atoms with Gasteiger partial charge in [-0.1, -0.05) is 20.8 Å². The summed E-state index contributed by atoms with van der Waals surface area (Å²) in [5.41, 5.74) is 5.75. The monoisotopic (exact) mass is 501 g/mol. The van der Waals surface area contributed by atoms with E-state index in [2.05, 4.69) is 15.0 Å². The lowest BCUT2D eigenvalue weighted by Crippen LogP contribution is -2.38. The molecule has 192 valence electrons. The molecule has 2 aromatic rings. The Morgan fingerprint density at radius 3 is 2.47 bits per heavy atom. The number of imidazole rings is 1. The van der Waals surface area contributed by atoms with Crippen LogP contribution in [0.4, 0.5) is 5.82 Å². The zero-order valence-electron chi connectivity index (χ0n) is 20.8. The maximum Gasteiger partial charge on any atom is 0.473 e. The Morgan fingerprint density at radius 1 is 1.15 bits per heavy atom. The van der Waals surface area contributed by atoms with Crippen LogP contribution in [0.1, 0.15) is 54.2 Å². The fourth-order valence-electron chi connectivity index (χ4n) is 3.85. The van der Waals surface area contributed by atoms with Crippen molar-refractivity contribution in [2.24, 2.45) is 5.41 Å². The first-order valence-electron chi connectivity index (χ1n) is 11.1. The Labute approximate surface area is 199 Å². The van der Waals surface area contributed by atoms with Crippen molar-refractivity contribution in [1.82, 2.24) is 19.5 Å². The second-order valence-corrected chi connectivity index (χ2v) is 11.8. The summed E-state index contributed by atoms with van der Waals surface area (Å²) in [6, 6.07) is 0. The molecular formula is C21H36N5O7P. The van der Waals surface area contributed by atoms with Crippen LogP contribution in [0, 0.1) is 5.41 Å². The van der Waals surface area contributed by atoms with Crippen LogP contribution in [-0.4, -0.2) is 68.6 Å². The molecule has 0 radical (unpaired) electrons. The summed E-state index contributed by atoms with van der Waals surface area (Å²) in [7, 11) is -2.90. The molecule has 0 spiro atoms. The second kappa shape index (κ2) is 10.1. The predicted octanol–water partition coefficient (Wildman–Crippen LogP) is 3.07. The predicted molar refractivity (Wildman–Crippen MR) is 125 cm³/mol. The van der Waals surface area contributed by atoms with Gasteiger partial charge in [-0.2, -0.15) is 0 Å². The molecule has 0 bridgehead atoms. The maximum atomic E-state index is 12.9. The minimum absolute atomic E-state index is 0.174. The van der Waals surface area contributed by atoms with Crippen LogP contribution in [0.25, 0.3) is 11.2 Å². The van der Waals surface area contributed by atoms with Crippen LogP contribution < -0.4 is 5.73 Å². The lowest BCUT2D eigenvalue weighted by atomic mass is 9.87. The highest BCUT2D eigenvalue weighted by Crippen LogP contribution is 2.52. The van der Waals surface area contributed by atoms with Crippen LogP contribution in [-0.2, 0) is 27.8 Å². The van der Waals surface area contributed by atoms with Gasteiger partial charge < -0.3 is 24.8 Å². The van der Waals surface area contributed by atoms with Crippen molar-refractivity contribution in [3.63, 3.8) is 0 Å². The van der Waals surface area contributed by atoms with E-state index in [1.54, 1.807) is 32.4 Å². The first kappa shape index (κ1) is 26.9. The van der Waals surface area contributed by atoms with Crippen LogP contribution in [0.5, 0.6) is 0 Å². The standard InChI is InChI=1S/C21H36N5O7P/c1-20(2,3)10-13-15(32-34(27,28)33-21(4,5)6)16(30-9-8-29-7)19(31-13)26-12-25-14-17(22)23-11-24-18(14)26/h11-13,15-16,19H,8-10H2,1-7H3,(H,27,28)(H2,22,23,24)/t13-,15?,16+,19-/m1/s1. The quantitative estimate of drug-likeness (QED) is 0.385. The average molecular weight is 502 g/mol. The number of fused-ring (bicyclic) bond motifs is 1. The molecule has 2 unspecified atom stereocenters. The Morgan fingerprint density at radius 2 is 1.85 bits per heavy atom. The van der Waals surface area contributed by atoms with Crippen molar-refractivity contribution >= 4 is 24.8 Å². The first-order chi connectivity index (χ1) is 15.7. The fraction of sp³-hybridized carbons (Fsp3) is 0.762. The van der Waals surface area contributed by atoms with Crippen molar-refractivity contribution in [1.29, 1.82) is 0 Å². The highest BCUT2D eigenvalue weighted by atomic mass is 31.2. The Bertz CT molecular complexity index is 1020. The first-order valence-corrected chi connectivity index (χ1v) is 12.6. The van der Waals surface area contributed by atoms with E-state index >= 15 is 0 Å². The summed E-state index contributed by atoms with van der Waals surface area (Å²) >= 11 is 0. The van der Waals surface area contributed by atoms with E-state index in [4.69, 9.17) is 29.0 Å². The Hall–Kier alpha value is -1.66. The molecule has 13 heteroatoms. The number of ether oxygens (including phenoxy) is 3. The average Bonchev–Trinajstić information content (AvgIpc) is 3.22. The summed E-state index contributed by atoms with van der Waals surface area (Å²) in [6.07, 6.45) is 0.341. The number of phosphoric acid groups is 1. The van der Waals surface area contributed by atoms with E-state index < -0.39 is 38.0 Å². The number of hydrogen-bond donors (Lipinski definition) is 2. The third-order valence-electron chi connectivity index (χ3n) is 5.00. The van der Waals surface area contributed by atoms with Crippen LogP contribution in [0.15, 0.2) is 12.7 Å². The lowest BCUT2D eigenvalue weighted by Gasteiger charge is -2.31. The number of nitrogens with two attached hydrogens (primary N) is 1. The summed E-state index contributed by atoms with van der Waals surface area (Å²) < 4.78 is 43.4. The summed E-state index contributed by atoms with van der Waals surface area (Å²) in [5.74, 6) is 0.232. The highest BCUT2D eigenvalue weighted by molar-refractivity contribution is 7.47. The normalized spacial score (nSPS) is 25.6. The Balaban J connectivity index is 2.02. The fourth-order valence-corrected chi connectivity index (χ4v) is 5.15.